The van der Waals surface area contributed by atoms with Gasteiger partial charge in [0.1, 0.15) is 0 Å². The second-order valence-electron chi connectivity index (χ2n) is 4.77. The van der Waals surface area contributed by atoms with Crippen LogP contribution in [0.15, 0.2) is 12.1 Å². The van der Waals surface area contributed by atoms with Crippen LogP contribution in [-0.2, 0) is 6.18 Å². The highest BCUT2D eigenvalue weighted by Gasteiger charge is 2.35. The second-order valence-corrected chi connectivity index (χ2v) is 5.74. The van der Waals surface area contributed by atoms with Crippen LogP contribution in [0.5, 0.6) is 11.8 Å². The summed E-state index contributed by atoms with van der Waals surface area (Å²) in [4.78, 5) is 16.2. The number of hydrogen-bond acceptors (Lipinski definition) is 7. The lowest BCUT2D eigenvalue weighted by atomic mass is 10.2. The minimum absolute atomic E-state index is 0.0984. The molecule has 130 valence electrons. The van der Waals surface area contributed by atoms with Crippen molar-refractivity contribution in [3.8, 4) is 11.8 Å². The van der Waals surface area contributed by atoms with Crippen molar-refractivity contribution >= 4 is 22.4 Å². The van der Waals surface area contributed by atoms with Gasteiger partial charge in [-0.3, -0.25) is 10.1 Å². The van der Waals surface area contributed by atoms with Crippen LogP contribution in [-0.4, -0.2) is 34.3 Å². The van der Waals surface area contributed by atoms with Crippen LogP contribution in [0.4, 0.5) is 18.3 Å². The zero-order valence-corrected chi connectivity index (χ0v) is 13.7. The van der Waals surface area contributed by atoms with E-state index in [9.17, 15) is 18.0 Å². The monoisotopic (exact) mass is 362 g/mol. The highest BCUT2D eigenvalue weighted by Crippen LogP contribution is 2.33. The van der Waals surface area contributed by atoms with Gasteiger partial charge in [-0.25, -0.2) is 0 Å². The molecule has 1 amide bonds. The molecule has 7 nitrogen and oxygen atoms in total. The third kappa shape index (κ3) is 4.54. The maximum atomic E-state index is 12.5. The van der Waals surface area contributed by atoms with E-state index in [-0.39, 0.29) is 39.9 Å². The number of pyridine rings is 1. The van der Waals surface area contributed by atoms with Crippen LogP contribution >= 0.6 is 11.3 Å². The number of hydrogen-bond donors (Lipinski definition) is 1. The van der Waals surface area contributed by atoms with Crippen molar-refractivity contribution in [2.45, 2.75) is 26.1 Å². The number of halogens is 3. The zero-order valence-electron chi connectivity index (χ0n) is 12.8. The number of aromatic nitrogens is 3. The van der Waals surface area contributed by atoms with Gasteiger partial charge in [-0.05, 0) is 13.8 Å². The van der Waals surface area contributed by atoms with Crippen molar-refractivity contribution < 1.29 is 27.4 Å². The number of rotatable bonds is 5. The van der Waals surface area contributed by atoms with E-state index in [0.717, 1.165) is 0 Å². The normalized spacial score (nSPS) is 11.5. The molecular formula is C13H13F3N4O3S. The SMILES string of the molecule is COc1cc(C(=O)Nc2nnc(C(F)(F)F)s2)cc(OC(C)C)n1. The number of nitrogens with one attached hydrogen (secondary N) is 1. The van der Waals surface area contributed by atoms with E-state index >= 15 is 0 Å². The summed E-state index contributed by atoms with van der Waals surface area (Å²) in [5, 5.41) is 7.13. The molecule has 0 aliphatic rings. The topological polar surface area (TPSA) is 86.2 Å². The lowest BCUT2D eigenvalue weighted by Crippen LogP contribution is -2.14. The third-order valence-electron chi connectivity index (χ3n) is 2.49. The molecule has 0 unspecified atom stereocenters. The van der Waals surface area contributed by atoms with Gasteiger partial charge < -0.3 is 9.47 Å². The highest BCUT2D eigenvalue weighted by molar-refractivity contribution is 7.15. The number of carbonyl (C=O) groups excluding carboxylic acids is 1. The first-order valence-corrected chi connectivity index (χ1v) is 7.45. The van der Waals surface area contributed by atoms with Gasteiger partial charge in [0, 0.05) is 12.1 Å². The van der Waals surface area contributed by atoms with Crippen molar-refractivity contribution in [3.05, 3.63) is 22.7 Å². The van der Waals surface area contributed by atoms with Crippen LogP contribution < -0.4 is 14.8 Å². The molecule has 0 radical (unpaired) electrons. The first kappa shape index (κ1) is 17.9. The summed E-state index contributed by atoms with van der Waals surface area (Å²) in [6.07, 6.45) is -4.79. The molecule has 2 rings (SSSR count). The Kier molecular flexibility index (Phi) is 5.22. The molecule has 2 heterocycles. The molecule has 1 N–H and O–H groups in total. The summed E-state index contributed by atoms with van der Waals surface area (Å²) in [6.45, 7) is 3.56. The lowest BCUT2D eigenvalue weighted by molar-refractivity contribution is -0.138. The fraction of sp³-hybridized carbons (Fsp3) is 0.385. The van der Waals surface area contributed by atoms with E-state index in [0.29, 0.717) is 0 Å². The molecule has 0 saturated heterocycles. The maximum absolute atomic E-state index is 12.5. The average Bonchev–Trinajstić information content (AvgIpc) is 2.94. The van der Waals surface area contributed by atoms with Crippen LogP contribution in [0, 0.1) is 0 Å². The van der Waals surface area contributed by atoms with Crippen LogP contribution in [0.1, 0.15) is 29.2 Å². The van der Waals surface area contributed by atoms with Crippen molar-refractivity contribution in [1.82, 2.24) is 15.2 Å². The van der Waals surface area contributed by atoms with Gasteiger partial charge in [-0.15, -0.1) is 10.2 Å². The summed E-state index contributed by atoms with van der Waals surface area (Å²) in [5.74, 6) is -0.400. The summed E-state index contributed by atoms with van der Waals surface area (Å²) < 4.78 is 47.8. The fourth-order valence-corrected chi connectivity index (χ4v) is 2.18. The molecule has 0 spiro atoms. The number of carbonyl (C=O) groups is 1. The smallest absolute Gasteiger partial charge is 0.445 e. The predicted octanol–water partition coefficient (Wildman–Crippen LogP) is 3.00. The van der Waals surface area contributed by atoms with Crippen LogP contribution in [0.25, 0.3) is 0 Å². The minimum Gasteiger partial charge on any atom is -0.481 e. The first-order valence-electron chi connectivity index (χ1n) is 6.64. The van der Waals surface area contributed by atoms with Crippen molar-refractivity contribution in [3.63, 3.8) is 0 Å². The Balaban J connectivity index is 2.21. The van der Waals surface area contributed by atoms with E-state index < -0.39 is 17.1 Å². The molecular weight excluding hydrogens is 349 g/mol. The molecule has 11 heteroatoms. The van der Waals surface area contributed by atoms with Crippen molar-refractivity contribution in [2.24, 2.45) is 0 Å². The molecule has 2 aromatic rings. The van der Waals surface area contributed by atoms with E-state index in [4.69, 9.17) is 9.47 Å². The third-order valence-corrected chi connectivity index (χ3v) is 3.38. The van der Waals surface area contributed by atoms with E-state index in [1.54, 1.807) is 13.8 Å². The number of nitrogens with zero attached hydrogens (tertiary/aromatic N) is 3. The average molecular weight is 362 g/mol. The van der Waals surface area contributed by atoms with Crippen LogP contribution in [0.3, 0.4) is 0 Å². The molecule has 0 aromatic carbocycles. The van der Waals surface area contributed by atoms with Gasteiger partial charge in [-0.1, -0.05) is 11.3 Å². The Morgan fingerprint density at radius 2 is 1.92 bits per heavy atom. The maximum Gasteiger partial charge on any atom is 0.445 e. The van der Waals surface area contributed by atoms with E-state index in [1.807, 2.05) is 0 Å². The number of alkyl halides is 3. The molecule has 2 aromatic heterocycles. The minimum atomic E-state index is -4.61. The van der Waals surface area contributed by atoms with Gasteiger partial charge in [0.2, 0.25) is 21.9 Å². The standard InChI is InChI=1S/C13H13F3N4O3S/c1-6(2)23-9-5-7(4-8(17-9)22-3)10(21)18-12-20-19-11(24-12)13(14,15)16/h4-6H,1-3H3,(H,18,20,21). The Morgan fingerprint density at radius 3 is 2.46 bits per heavy atom. The quantitative estimate of drug-likeness (QED) is 0.880. The zero-order chi connectivity index (χ0) is 17.9. The van der Waals surface area contributed by atoms with Gasteiger partial charge in [0.05, 0.1) is 18.8 Å². The highest BCUT2D eigenvalue weighted by atomic mass is 32.1. The van der Waals surface area contributed by atoms with E-state index in [2.05, 4.69) is 20.5 Å². The molecule has 0 aliphatic carbocycles. The van der Waals surface area contributed by atoms with Gasteiger partial charge >= 0.3 is 6.18 Å². The van der Waals surface area contributed by atoms with Crippen LogP contribution in [0.2, 0.25) is 0 Å². The van der Waals surface area contributed by atoms with Crippen molar-refractivity contribution in [1.29, 1.82) is 0 Å². The molecule has 24 heavy (non-hydrogen) atoms. The summed E-state index contributed by atoms with van der Waals surface area (Å²) in [7, 11) is 1.36. The second kappa shape index (κ2) is 6.99. The van der Waals surface area contributed by atoms with Crippen molar-refractivity contribution in [2.75, 3.05) is 12.4 Å². The Morgan fingerprint density at radius 1 is 1.25 bits per heavy atom. The molecule has 0 fully saturated rings. The summed E-state index contributed by atoms with van der Waals surface area (Å²) >= 11 is 0.230. The fourth-order valence-electron chi connectivity index (χ4n) is 1.58. The molecule has 0 bridgehead atoms. The first-order chi connectivity index (χ1) is 11.2. The lowest BCUT2D eigenvalue weighted by Gasteiger charge is -2.11. The number of anilines is 1. The Labute approximate surface area is 138 Å². The number of ether oxygens (including phenoxy) is 2. The molecule has 0 aliphatic heterocycles. The number of methoxy groups -OCH3 is 1. The predicted molar refractivity (Wildman–Crippen MR) is 79.4 cm³/mol. The van der Waals surface area contributed by atoms with Gasteiger partial charge in [-0.2, -0.15) is 18.2 Å². The largest absolute Gasteiger partial charge is 0.481 e. The van der Waals surface area contributed by atoms with Gasteiger partial charge in [0.25, 0.3) is 5.91 Å². The molecule has 0 atom stereocenters. The summed E-state index contributed by atoms with van der Waals surface area (Å²) in [6, 6.07) is 2.68. The number of amides is 1. The van der Waals surface area contributed by atoms with Gasteiger partial charge in [0.15, 0.2) is 0 Å². The Hall–Kier alpha value is -2.43. The molecule has 0 saturated carbocycles. The van der Waals surface area contributed by atoms with E-state index in [1.165, 1.54) is 19.2 Å². The Bertz CT molecular complexity index is 733. The summed E-state index contributed by atoms with van der Waals surface area (Å²) in [5.41, 5.74) is 0.0984.